The summed E-state index contributed by atoms with van der Waals surface area (Å²) in [5, 5.41) is 0. The molecule has 110 valence electrons. The van der Waals surface area contributed by atoms with Crippen LogP contribution in [0.25, 0.3) is 11.4 Å². The average molecular weight is 416 g/mol. The monoisotopic (exact) mass is 414 g/mol. The van der Waals surface area contributed by atoms with Crippen LogP contribution in [0.3, 0.4) is 0 Å². The molecule has 0 amide bonds. The van der Waals surface area contributed by atoms with Crippen LogP contribution in [0.2, 0.25) is 0 Å². The minimum atomic E-state index is -0.332. The predicted molar refractivity (Wildman–Crippen MR) is 86.9 cm³/mol. The lowest BCUT2D eigenvalue weighted by molar-refractivity contribution is 0.627. The van der Waals surface area contributed by atoms with Gasteiger partial charge in [0.2, 0.25) is 0 Å². The smallest absolute Gasteiger partial charge is 0.265 e. The summed E-state index contributed by atoms with van der Waals surface area (Å²) in [4.78, 5) is 19.5. The van der Waals surface area contributed by atoms with Gasteiger partial charge in [-0.25, -0.2) is 9.37 Å². The van der Waals surface area contributed by atoms with Crippen LogP contribution in [-0.2, 0) is 0 Å². The van der Waals surface area contributed by atoms with E-state index in [1.807, 2.05) is 0 Å². The van der Waals surface area contributed by atoms with E-state index in [1.165, 1.54) is 25.0 Å². The van der Waals surface area contributed by atoms with Gasteiger partial charge in [-0.3, -0.25) is 4.79 Å². The molecular weight excluding hydrogens is 403 g/mol. The highest BCUT2D eigenvalue weighted by Gasteiger charge is 2.23. The van der Waals surface area contributed by atoms with Gasteiger partial charge in [-0.15, -0.1) is 0 Å². The lowest BCUT2D eigenvalue weighted by Gasteiger charge is -2.12. The number of nitrogens with one attached hydrogen (secondary N) is 1. The van der Waals surface area contributed by atoms with Gasteiger partial charge in [-0.05, 0) is 62.9 Å². The minimum Gasteiger partial charge on any atom is -0.306 e. The van der Waals surface area contributed by atoms with Gasteiger partial charge in [0.1, 0.15) is 16.1 Å². The van der Waals surface area contributed by atoms with Crippen molar-refractivity contribution in [3.63, 3.8) is 0 Å². The molecule has 1 heterocycles. The fourth-order valence-corrected chi connectivity index (χ4v) is 3.81. The van der Waals surface area contributed by atoms with Crippen molar-refractivity contribution in [1.82, 2.24) is 9.97 Å². The third-order valence-corrected chi connectivity index (χ3v) is 5.24. The maximum atomic E-state index is 13.2. The highest BCUT2D eigenvalue weighted by atomic mass is 79.9. The Morgan fingerprint density at radius 1 is 1.24 bits per heavy atom. The maximum absolute atomic E-state index is 13.2. The van der Waals surface area contributed by atoms with E-state index >= 15 is 0 Å². The molecule has 0 saturated heterocycles. The molecule has 1 aromatic carbocycles. The summed E-state index contributed by atoms with van der Waals surface area (Å²) >= 11 is 6.67. The van der Waals surface area contributed by atoms with Gasteiger partial charge in [0, 0.05) is 16.0 Å². The van der Waals surface area contributed by atoms with Crippen LogP contribution in [0.4, 0.5) is 4.39 Å². The van der Waals surface area contributed by atoms with Crippen molar-refractivity contribution in [3.05, 3.63) is 49.0 Å². The number of rotatable bonds is 2. The Labute approximate surface area is 138 Å². The van der Waals surface area contributed by atoms with E-state index in [0.717, 1.165) is 18.5 Å². The lowest BCUT2D eigenvalue weighted by Crippen LogP contribution is -2.15. The van der Waals surface area contributed by atoms with Crippen molar-refractivity contribution in [2.75, 3.05) is 0 Å². The molecule has 0 bridgehead atoms. The normalized spacial score (nSPS) is 15.6. The first-order valence-electron chi connectivity index (χ1n) is 6.81. The molecule has 1 saturated carbocycles. The van der Waals surface area contributed by atoms with Crippen LogP contribution >= 0.6 is 31.9 Å². The Hall–Kier alpha value is -1.01. The molecule has 2 aromatic rings. The van der Waals surface area contributed by atoms with Crippen LogP contribution in [0.15, 0.2) is 31.9 Å². The molecule has 0 atom stereocenters. The Kier molecular flexibility index (Phi) is 4.26. The largest absolute Gasteiger partial charge is 0.306 e. The van der Waals surface area contributed by atoms with E-state index in [2.05, 4.69) is 41.8 Å². The minimum absolute atomic E-state index is 0.196. The highest BCUT2D eigenvalue weighted by Crippen LogP contribution is 2.36. The molecule has 3 rings (SSSR count). The van der Waals surface area contributed by atoms with Gasteiger partial charge in [-0.2, -0.15) is 0 Å². The van der Waals surface area contributed by atoms with Crippen LogP contribution in [0, 0.1) is 5.82 Å². The first kappa shape index (κ1) is 14.9. The van der Waals surface area contributed by atoms with Crippen molar-refractivity contribution < 1.29 is 4.39 Å². The summed E-state index contributed by atoms with van der Waals surface area (Å²) in [6, 6.07) is 4.34. The van der Waals surface area contributed by atoms with E-state index in [0.29, 0.717) is 26.3 Å². The van der Waals surface area contributed by atoms with Gasteiger partial charge in [0.25, 0.3) is 5.56 Å². The number of benzene rings is 1. The molecule has 1 fully saturated rings. The second-order valence-corrected chi connectivity index (χ2v) is 6.87. The lowest BCUT2D eigenvalue weighted by atomic mass is 10.0. The first-order valence-corrected chi connectivity index (χ1v) is 8.40. The molecule has 0 aliphatic heterocycles. The molecule has 1 N–H and O–H groups in total. The number of hydrogen-bond donors (Lipinski definition) is 1. The van der Waals surface area contributed by atoms with Gasteiger partial charge >= 0.3 is 0 Å². The molecule has 1 aliphatic carbocycles. The highest BCUT2D eigenvalue weighted by molar-refractivity contribution is 9.10. The summed E-state index contributed by atoms with van der Waals surface area (Å²) in [5.41, 5.74) is 1.29. The van der Waals surface area contributed by atoms with Crippen molar-refractivity contribution >= 4 is 31.9 Å². The van der Waals surface area contributed by atoms with Crippen molar-refractivity contribution in [1.29, 1.82) is 0 Å². The molecule has 6 heteroatoms. The second kappa shape index (κ2) is 6.01. The summed E-state index contributed by atoms with van der Waals surface area (Å²) < 4.78 is 14.3. The number of aromatic amines is 1. The number of halogens is 3. The fourth-order valence-electron chi connectivity index (χ4n) is 2.76. The third kappa shape index (κ3) is 2.97. The molecule has 1 aromatic heterocycles. The summed E-state index contributed by atoms with van der Waals surface area (Å²) in [6.45, 7) is 0. The maximum Gasteiger partial charge on any atom is 0.265 e. The molecular formula is C15H13Br2FN2O. The molecule has 0 radical (unpaired) electrons. The zero-order chi connectivity index (χ0) is 15.0. The predicted octanol–water partition coefficient (Wildman–Crippen LogP) is 4.76. The van der Waals surface area contributed by atoms with Crippen LogP contribution < -0.4 is 5.56 Å². The van der Waals surface area contributed by atoms with E-state index in [1.54, 1.807) is 6.07 Å². The zero-order valence-electron chi connectivity index (χ0n) is 11.1. The Bertz CT molecular complexity index is 739. The molecule has 0 spiro atoms. The van der Waals surface area contributed by atoms with Gasteiger partial charge < -0.3 is 4.98 Å². The fraction of sp³-hybridized carbons (Fsp3) is 0.333. The van der Waals surface area contributed by atoms with Crippen LogP contribution in [-0.4, -0.2) is 9.97 Å². The Balaban J connectivity index is 2.13. The molecule has 21 heavy (non-hydrogen) atoms. The van der Waals surface area contributed by atoms with E-state index in [4.69, 9.17) is 0 Å². The van der Waals surface area contributed by atoms with Crippen molar-refractivity contribution in [2.45, 2.75) is 31.6 Å². The van der Waals surface area contributed by atoms with Crippen LogP contribution in [0.1, 0.15) is 37.3 Å². The zero-order valence-corrected chi connectivity index (χ0v) is 14.3. The van der Waals surface area contributed by atoms with Gasteiger partial charge in [0.15, 0.2) is 0 Å². The standard InChI is InChI=1S/C15H13Br2FN2O/c16-11-7-9(18)5-6-10(11)14-19-13(8-3-1-2-4-8)12(17)15(21)20-14/h5-8H,1-4H2,(H,19,20,21). The quantitative estimate of drug-likeness (QED) is 0.768. The van der Waals surface area contributed by atoms with Gasteiger partial charge in [0.05, 0.1) is 5.69 Å². The molecule has 0 unspecified atom stereocenters. The number of H-pyrrole nitrogens is 1. The van der Waals surface area contributed by atoms with Gasteiger partial charge in [-0.1, -0.05) is 12.8 Å². The summed E-state index contributed by atoms with van der Waals surface area (Å²) in [7, 11) is 0. The number of hydrogen-bond acceptors (Lipinski definition) is 2. The third-order valence-electron chi connectivity index (χ3n) is 3.82. The van der Waals surface area contributed by atoms with Crippen molar-refractivity contribution in [3.8, 4) is 11.4 Å². The second-order valence-electron chi connectivity index (χ2n) is 5.22. The number of aromatic nitrogens is 2. The summed E-state index contributed by atoms with van der Waals surface area (Å²) in [6.07, 6.45) is 4.44. The molecule has 3 nitrogen and oxygen atoms in total. The van der Waals surface area contributed by atoms with E-state index < -0.39 is 0 Å². The van der Waals surface area contributed by atoms with E-state index in [9.17, 15) is 9.18 Å². The summed E-state index contributed by atoms with van der Waals surface area (Å²) in [5.74, 6) is 0.456. The number of nitrogens with zero attached hydrogens (tertiary/aromatic N) is 1. The van der Waals surface area contributed by atoms with Crippen molar-refractivity contribution in [2.24, 2.45) is 0 Å². The Morgan fingerprint density at radius 3 is 2.62 bits per heavy atom. The first-order chi connectivity index (χ1) is 10.1. The topological polar surface area (TPSA) is 45.8 Å². The molecule has 1 aliphatic rings. The van der Waals surface area contributed by atoms with E-state index in [-0.39, 0.29) is 11.4 Å². The van der Waals surface area contributed by atoms with Crippen LogP contribution in [0.5, 0.6) is 0 Å². The Morgan fingerprint density at radius 2 is 1.95 bits per heavy atom. The SMILES string of the molecule is O=c1[nH]c(-c2ccc(F)cc2Br)nc(C2CCCC2)c1Br. The average Bonchev–Trinajstić information content (AvgIpc) is 2.96.